The van der Waals surface area contributed by atoms with Crippen LogP contribution in [0.4, 0.5) is 8.78 Å². The molecule has 6 heteroatoms. The van der Waals surface area contributed by atoms with Gasteiger partial charge in [0.2, 0.25) is 5.91 Å². The zero-order chi connectivity index (χ0) is 16.8. The third kappa shape index (κ3) is 4.96. The molecule has 122 valence electrons. The Labute approximate surface area is 136 Å². The van der Waals surface area contributed by atoms with Gasteiger partial charge in [0.15, 0.2) is 0 Å². The van der Waals surface area contributed by atoms with E-state index in [2.05, 4.69) is 5.32 Å². The molecule has 0 unspecified atom stereocenters. The van der Waals surface area contributed by atoms with Crippen LogP contribution in [0.25, 0.3) is 0 Å². The van der Waals surface area contributed by atoms with Gasteiger partial charge in [-0.05, 0) is 43.2 Å². The quantitative estimate of drug-likeness (QED) is 0.881. The monoisotopic (exact) mass is 337 g/mol. The second kappa shape index (κ2) is 7.97. The summed E-state index contributed by atoms with van der Waals surface area (Å²) in [5, 5.41) is 2.54. The average Bonchev–Trinajstić information content (AvgIpc) is 2.50. The van der Waals surface area contributed by atoms with Crippen LogP contribution in [-0.2, 0) is 22.0 Å². The Kier molecular flexibility index (Phi) is 5.98. The first-order valence-corrected chi connectivity index (χ1v) is 8.44. The average molecular weight is 337 g/mol. The van der Waals surface area contributed by atoms with Crippen molar-refractivity contribution in [2.75, 3.05) is 12.3 Å². The second-order valence-corrected chi connectivity index (χ2v) is 6.56. The van der Waals surface area contributed by atoms with Crippen molar-refractivity contribution in [1.82, 2.24) is 5.32 Å². The fourth-order valence-corrected chi connectivity index (χ4v) is 3.16. The molecule has 0 fully saturated rings. The van der Waals surface area contributed by atoms with Crippen LogP contribution >= 0.6 is 0 Å². The van der Waals surface area contributed by atoms with E-state index in [-0.39, 0.29) is 24.3 Å². The molecule has 2 aromatic rings. The van der Waals surface area contributed by atoms with Gasteiger partial charge in [-0.15, -0.1) is 0 Å². The van der Waals surface area contributed by atoms with Crippen LogP contribution in [0.3, 0.4) is 0 Å². The third-order valence-electron chi connectivity index (χ3n) is 3.27. The van der Waals surface area contributed by atoms with Crippen LogP contribution in [0.2, 0.25) is 0 Å². The van der Waals surface area contributed by atoms with Crippen LogP contribution < -0.4 is 5.32 Å². The van der Waals surface area contributed by atoms with E-state index in [9.17, 15) is 17.8 Å². The Hall–Kier alpha value is -2.08. The highest BCUT2D eigenvalue weighted by Gasteiger charge is 2.12. The van der Waals surface area contributed by atoms with Crippen molar-refractivity contribution in [3.05, 3.63) is 65.2 Å². The predicted octanol–water partition coefficient (Wildman–Crippen LogP) is 2.74. The lowest BCUT2D eigenvalue weighted by molar-refractivity contribution is -0.118. The Morgan fingerprint density at radius 3 is 2.43 bits per heavy atom. The van der Waals surface area contributed by atoms with Crippen LogP contribution in [0.15, 0.2) is 47.4 Å². The predicted molar refractivity (Wildman–Crippen MR) is 85.5 cm³/mol. The molecule has 3 nitrogen and oxygen atoms in total. The summed E-state index contributed by atoms with van der Waals surface area (Å²) in [6, 6.07) is 10.8. The fourth-order valence-electron chi connectivity index (χ4n) is 2.11. The van der Waals surface area contributed by atoms with E-state index in [1.54, 1.807) is 18.2 Å². The molecular formula is C17H17F2NO2S. The van der Waals surface area contributed by atoms with Crippen LogP contribution in [-0.4, -0.2) is 22.4 Å². The molecule has 2 aromatic carbocycles. The number of amides is 1. The standard InChI is InChI=1S/C17H17F2NO2S/c1-12-4-2-5-13(10-12)23(22)11-17(21)20-9-8-14-15(18)6-3-7-16(14)19/h2-7,10H,8-9,11H2,1H3,(H,20,21)/t23-/m0/s1. The first-order valence-electron chi connectivity index (χ1n) is 7.12. The van der Waals surface area contributed by atoms with Gasteiger partial charge in [0.05, 0.1) is 10.8 Å². The molecule has 0 aliphatic heterocycles. The van der Waals surface area contributed by atoms with Crippen molar-refractivity contribution >= 4 is 16.7 Å². The number of nitrogens with one attached hydrogen (secondary N) is 1. The SMILES string of the molecule is Cc1cccc([S@@](=O)CC(=O)NCCc2c(F)cccc2F)c1. The molecule has 1 atom stereocenters. The highest BCUT2D eigenvalue weighted by molar-refractivity contribution is 7.85. The van der Waals surface area contributed by atoms with Gasteiger partial charge in [-0.3, -0.25) is 9.00 Å². The Morgan fingerprint density at radius 2 is 1.78 bits per heavy atom. The third-order valence-corrected chi connectivity index (χ3v) is 4.58. The van der Waals surface area contributed by atoms with E-state index in [0.717, 1.165) is 5.56 Å². The largest absolute Gasteiger partial charge is 0.355 e. The summed E-state index contributed by atoms with van der Waals surface area (Å²) >= 11 is 0. The van der Waals surface area contributed by atoms with Gasteiger partial charge in [-0.25, -0.2) is 8.78 Å². The summed E-state index contributed by atoms with van der Waals surface area (Å²) in [5.41, 5.74) is 0.902. The summed E-state index contributed by atoms with van der Waals surface area (Å²) in [4.78, 5) is 12.4. The van der Waals surface area contributed by atoms with E-state index >= 15 is 0 Å². The lowest BCUT2D eigenvalue weighted by Gasteiger charge is -2.07. The molecule has 0 saturated carbocycles. The fraction of sp³-hybridized carbons (Fsp3) is 0.235. The van der Waals surface area contributed by atoms with Gasteiger partial charge >= 0.3 is 0 Å². The molecule has 0 aromatic heterocycles. The summed E-state index contributed by atoms with van der Waals surface area (Å²) in [7, 11) is -1.44. The molecular weight excluding hydrogens is 320 g/mol. The van der Waals surface area contributed by atoms with Gasteiger partial charge in [0.25, 0.3) is 0 Å². The summed E-state index contributed by atoms with van der Waals surface area (Å²) in [5.74, 6) is -1.87. The minimum absolute atomic E-state index is 0.0430. The van der Waals surface area contributed by atoms with Crippen molar-refractivity contribution in [2.45, 2.75) is 18.2 Å². The Balaban J connectivity index is 1.85. The van der Waals surface area contributed by atoms with Gasteiger partial charge in [0, 0.05) is 17.0 Å². The van der Waals surface area contributed by atoms with Crippen LogP contribution in [0, 0.1) is 18.6 Å². The van der Waals surface area contributed by atoms with E-state index in [4.69, 9.17) is 0 Å². The van der Waals surface area contributed by atoms with Gasteiger partial charge < -0.3 is 5.32 Å². The number of carbonyl (C=O) groups is 1. The molecule has 0 bridgehead atoms. The number of benzene rings is 2. The Bertz CT molecular complexity index is 714. The van der Waals surface area contributed by atoms with Crippen molar-refractivity contribution in [3.8, 4) is 0 Å². The molecule has 0 aliphatic rings. The summed E-state index contributed by atoms with van der Waals surface area (Å²) in [6.07, 6.45) is 0.0430. The number of aryl methyl sites for hydroxylation is 1. The van der Waals surface area contributed by atoms with Crippen molar-refractivity contribution in [3.63, 3.8) is 0 Å². The zero-order valence-electron chi connectivity index (χ0n) is 12.6. The minimum Gasteiger partial charge on any atom is -0.355 e. The number of carbonyl (C=O) groups excluding carboxylic acids is 1. The van der Waals surface area contributed by atoms with Gasteiger partial charge in [0.1, 0.15) is 17.4 Å². The zero-order valence-corrected chi connectivity index (χ0v) is 13.5. The van der Waals surface area contributed by atoms with E-state index in [1.807, 2.05) is 13.0 Å². The highest BCUT2D eigenvalue weighted by Crippen LogP contribution is 2.12. The minimum atomic E-state index is -1.44. The number of halogens is 2. The lowest BCUT2D eigenvalue weighted by Crippen LogP contribution is -2.30. The normalized spacial score (nSPS) is 12.0. The first kappa shape index (κ1) is 17.3. The van der Waals surface area contributed by atoms with Crippen molar-refractivity contribution in [1.29, 1.82) is 0 Å². The topological polar surface area (TPSA) is 46.2 Å². The number of rotatable bonds is 6. The second-order valence-electron chi connectivity index (χ2n) is 5.11. The van der Waals surface area contributed by atoms with Crippen molar-refractivity contribution in [2.24, 2.45) is 0 Å². The molecule has 0 radical (unpaired) electrons. The molecule has 0 aliphatic carbocycles. The molecule has 23 heavy (non-hydrogen) atoms. The molecule has 0 heterocycles. The first-order chi connectivity index (χ1) is 11.0. The van der Waals surface area contributed by atoms with Crippen LogP contribution in [0.1, 0.15) is 11.1 Å². The van der Waals surface area contributed by atoms with E-state index in [1.165, 1.54) is 18.2 Å². The molecule has 0 spiro atoms. The Morgan fingerprint density at radius 1 is 1.13 bits per heavy atom. The molecule has 2 rings (SSSR count). The maximum Gasteiger partial charge on any atom is 0.233 e. The van der Waals surface area contributed by atoms with Gasteiger partial charge in [-0.1, -0.05) is 18.2 Å². The molecule has 1 N–H and O–H groups in total. The van der Waals surface area contributed by atoms with Crippen LogP contribution in [0.5, 0.6) is 0 Å². The molecule has 1 amide bonds. The number of hydrogen-bond acceptors (Lipinski definition) is 2. The van der Waals surface area contributed by atoms with Crippen molar-refractivity contribution < 1.29 is 17.8 Å². The smallest absolute Gasteiger partial charge is 0.233 e. The lowest BCUT2D eigenvalue weighted by atomic mass is 10.1. The van der Waals surface area contributed by atoms with E-state index in [0.29, 0.717) is 4.90 Å². The number of hydrogen-bond donors (Lipinski definition) is 1. The maximum atomic E-state index is 13.4. The summed E-state index contributed by atoms with van der Waals surface area (Å²) < 4.78 is 39.0. The van der Waals surface area contributed by atoms with E-state index < -0.39 is 28.3 Å². The highest BCUT2D eigenvalue weighted by atomic mass is 32.2. The maximum absolute atomic E-state index is 13.4. The van der Waals surface area contributed by atoms with Gasteiger partial charge in [-0.2, -0.15) is 0 Å². The molecule has 0 saturated heterocycles. The summed E-state index contributed by atoms with van der Waals surface area (Å²) in [6.45, 7) is 1.96.